The summed E-state index contributed by atoms with van der Waals surface area (Å²) in [4.78, 5) is 7.28. The van der Waals surface area contributed by atoms with E-state index in [1.807, 2.05) is 24.3 Å². The molecule has 0 amide bonds. The SMILES string of the molecule is c1ccc(CCCN2CCCC(c3nc4ccccc4o3)C2)cc1. The van der Waals surface area contributed by atoms with Crippen LogP contribution in [0.4, 0.5) is 0 Å². The lowest BCUT2D eigenvalue weighted by Gasteiger charge is -2.31. The molecule has 0 aliphatic carbocycles. The lowest BCUT2D eigenvalue weighted by molar-refractivity contribution is 0.193. The van der Waals surface area contributed by atoms with Crippen LogP contribution in [0.3, 0.4) is 0 Å². The van der Waals surface area contributed by atoms with Gasteiger partial charge in [-0.05, 0) is 56.5 Å². The minimum absolute atomic E-state index is 0.433. The van der Waals surface area contributed by atoms with Crippen LogP contribution in [-0.4, -0.2) is 29.5 Å². The molecule has 3 nitrogen and oxygen atoms in total. The molecule has 1 aliphatic heterocycles. The summed E-state index contributed by atoms with van der Waals surface area (Å²) in [6.07, 6.45) is 4.78. The van der Waals surface area contributed by atoms with Crippen molar-refractivity contribution in [3.63, 3.8) is 0 Å². The van der Waals surface area contributed by atoms with Crippen LogP contribution in [0, 0.1) is 0 Å². The lowest BCUT2D eigenvalue weighted by atomic mass is 9.97. The normalized spacial score (nSPS) is 18.9. The third-order valence-corrected chi connectivity index (χ3v) is 4.95. The van der Waals surface area contributed by atoms with Crippen molar-refractivity contribution in [3.05, 3.63) is 66.1 Å². The highest BCUT2D eigenvalue weighted by atomic mass is 16.3. The molecule has 1 saturated heterocycles. The number of nitrogens with zero attached hydrogens (tertiary/aromatic N) is 2. The van der Waals surface area contributed by atoms with Gasteiger partial charge >= 0.3 is 0 Å². The van der Waals surface area contributed by atoms with Gasteiger partial charge in [0.2, 0.25) is 0 Å². The van der Waals surface area contributed by atoms with Crippen molar-refractivity contribution < 1.29 is 4.42 Å². The number of piperidine rings is 1. The molecule has 3 heteroatoms. The summed E-state index contributed by atoms with van der Waals surface area (Å²) in [7, 11) is 0. The third kappa shape index (κ3) is 3.51. The van der Waals surface area contributed by atoms with Crippen LogP contribution in [0.25, 0.3) is 11.1 Å². The van der Waals surface area contributed by atoms with E-state index in [0.29, 0.717) is 5.92 Å². The number of aromatic nitrogens is 1. The maximum atomic E-state index is 5.99. The Kier molecular flexibility index (Phi) is 4.61. The van der Waals surface area contributed by atoms with Crippen molar-refractivity contribution in [1.29, 1.82) is 0 Å². The van der Waals surface area contributed by atoms with E-state index >= 15 is 0 Å². The number of rotatable bonds is 5. The number of hydrogen-bond acceptors (Lipinski definition) is 3. The summed E-state index contributed by atoms with van der Waals surface area (Å²) in [6.45, 7) is 3.43. The van der Waals surface area contributed by atoms with E-state index in [2.05, 4.69) is 35.2 Å². The van der Waals surface area contributed by atoms with E-state index in [1.54, 1.807) is 0 Å². The molecule has 0 saturated carbocycles. The second-order valence-electron chi connectivity index (χ2n) is 6.75. The monoisotopic (exact) mass is 320 g/mol. The molecule has 0 radical (unpaired) electrons. The Morgan fingerprint density at radius 3 is 2.75 bits per heavy atom. The molecule has 0 N–H and O–H groups in total. The van der Waals surface area contributed by atoms with Crippen LogP contribution in [-0.2, 0) is 6.42 Å². The van der Waals surface area contributed by atoms with E-state index in [9.17, 15) is 0 Å². The second-order valence-corrected chi connectivity index (χ2v) is 6.75. The van der Waals surface area contributed by atoms with Gasteiger partial charge in [0, 0.05) is 12.5 Å². The molecule has 3 aromatic rings. The van der Waals surface area contributed by atoms with Gasteiger partial charge in [0.1, 0.15) is 5.52 Å². The maximum absolute atomic E-state index is 5.99. The highest BCUT2D eigenvalue weighted by Gasteiger charge is 2.25. The summed E-state index contributed by atoms with van der Waals surface area (Å²) in [5.74, 6) is 1.35. The van der Waals surface area contributed by atoms with E-state index in [0.717, 1.165) is 36.5 Å². The number of para-hydroxylation sites is 2. The van der Waals surface area contributed by atoms with Crippen molar-refractivity contribution in [3.8, 4) is 0 Å². The average Bonchev–Trinajstić information content (AvgIpc) is 3.07. The molecule has 124 valence electrons. The topological polar surface area (TPSA) is 29.3 Å². The predicted molar refractivity (Wildman–Crippen MR) is 97.2 cm³/mol. The molecule has 0 spiro atoms. The van der Waals surface area contributed by atoms with Gasteiger partial charge in [0.25, 0.3) is 0 Å². The number of aryl methyl sites for hydroxylation is 1. The molecular formula is C21H24N2O. The van der Waals surface area contributed by atoms with Gasteiger partial charge in [-0.3, -0.25) is 0 Å². The van der Waals surface area contributed by atoms with Crippen molar-refractivity contribution >= 4 is 11.1 Å². The summed E-state index contributed by atoms with van der Waals surface area (Å²) in [5, 5.41) is 0. The maximum Gasteiger partial charge on any atom is 0.199 e. The molecule has 0 bridgehead atoms. The fourth-order valence-electron chi connectivity index (χ4n) is 3.68. The molecule has 24 heavy (non-hydrogen) atoms. The van der Waals surface area contributed by atoms with Crippen LogP contribution in [0.15, 0.2) is 59.0 Å². The van der Waals surface area contributed by atoms with Gasteiger partial charge in [-0.2, -0.15) is 0 Å². The smallest absolute Gasteiger partial charge is 0.199 e. The molecule has 1 fully saturated rings. The van der Waals surface area contributed by atoms with Gasteiger partial charge < -0.3 is 9.32 Å². The van der Waals surface area contributed by atoms with Gasteiger partial charge in [-0.15, -0.1) is 0 Å². The van der Waals surface area contributed by atoms with Crippen LogP contribution < -0.4 is 0 Å². The van der Waals surface area contributed by atoms with Crippen LogP contribution in [0.5, 0.6) is 0 Å². The lowest BCUT2D eigenvalue weighted by Crippen LogP contribution is -2.35. The number of hydrogen-bond donors (Lipinski definition) is 0. The summed E-state index contributed by atoms with van der Waals surface area (Å²) in [5.41, 5.74) is 3.33. The van der Waals surface area contributed by atoms with Crippen molar-refractivity contribution in [1.82, 2.24) is 9.88 Å². The Labute approximate surface area is 143 Å². The first kappa shape index (κ1) is 15.4. The van der Waals surface area contributed by atoms with Crippen molar-refractivity contribution in [2.24, 2.45) is 0 Å². The minimum atomic E-state index is 0.433. The number of oxazole rings is 1. The molecule has 4 rings (SSSR count). The van der Waals surface area contributed by atoms with E-state index in [4.69, 9.17) is 9.40 Å². The molecule has 1 atom stereocenters. The van der Waals surface area contributed by atoms with Crippen molar-refractivity contribution in [2.75, 3.05) is 19.6 Å². The molecule has 2 aromatic carbocycles. The summed E-state index contributed by atoms with van der Waals surface area (Å²) >= 11 is 0. The largest absolute Gasteiger partial charge is 0.440 e. The molecule has 1 aliphatic rings. The Morgan fingerprint density at radius 2 is 1.88 bits per heavy atom. The Bertz CT molecular complexity index is 748. The Morgan fingerprint density at radius 1 is 1.04 bits per heavy atom. The van der Waals surface area contributed by atoms with Gasteiger partial charge in [0.15, 0.2) is 11.5 Å². The third-order valence-electron chi connectivity index (χ3n) is 4.95. The van der Waals surface area contributed by atoms with Gasteiger partial charge in [-0.1, -0.05) is 42.5 Å². The highest BCUT2D eigenvalue weighted by molar-refractivity contribution is 5.72. The molecule has 2 heterocycles. The first-order valence-corrected chi connectivity index (χ1v) is 9.00. The fraction of sp³-hybridized carbons (Fsp3) is 0.381. The number of benzene rings is 2. The zero-order valence-corrected chi connectivity index (χ0v) is 14.0. The molecular weight excluding hydrogens is 296 g/mol. The molecule has 1 unspecified atom stereocenters. The first-order valence-electron chi connectivity index (χ1n) is 9.00. The fourth-order valence-corrected chi connectivity index (χ4v) is 3.68. The van der Waals surface area contributed by atoms with E-state index in [-0.39, 0.29) is 0 Å². The predicted octanol–water partition coefficient (Wildman–Crippen LogP) is 4.64. The zero-order chi connectivity index (χ0) is 16.2. The average molecular weight is 320 g/mol. The standard InChI is InChI=1S/C21H24N2O/c1-2-8-17(9-3-1)10-6-14-23-15-7-11-18(16-23)21-22-19-12-4-5-13-20(19)24-21/h1-5,8-9,12-13,18H,6-7,10-11,14-16H2. The number of fused-ring (bicyclic) bond motifs is 1. The van der Waals surface area contributed by atoms with Crippen LogP contribution >= 0.6 is 0 Å². The Hall–Kier alpha value is -2.13. The first-order chi connectivity index (χ1) is 11.9. The van der Waals surface area contributed by atoms with E-state index in [1.165, 1.54) is 31.4 Å². The van der Waals surface area contributed by atoms with Crippen LogP contribution in [0.1, 0.15) is 36.6 Å². The minimum Gasteiger partial charge on any atom is -0.440 e. The summed E-state index contributed by atoms with van der Waals surface area (Å²) < 4.78 is 5.99. The molecule has 1 aromatic heterocycles. The second kappa shape index (κ2) is 7.18. The van der Waals surface area contributed by atoms with Crippen LogP contribution in [0.2, 0.25) is 0 Å². The number of likely N-dealkylation sites (tertiary alicyclic amines) is 1. The van der Waals surface area contributed by atoms with Gasteiger partial charge in [0.05, 0.1) is 0 Å². The Balaban J connectivity index is 1.35. The van der Waals surface area contributed by atoms with E-state index < -0.39 is 0 Å². The zero-order valence-electron chi connectivity index (χ0n) is 14.0. The summed E-state index contributed by atoms with van der Waals surface area (Å²) in [6, 6.07) is 18.8. The van der Waals surface area contributed by atoms with Gasteiger partial charge in [-0.25, -0.2) is 4.98 Å². The quantitative estimate of drug-likeness (QED) is 0.686. The van der Waals surface area contributed by atoms with Crippen molar-refractivity contribution in [2.45, 2.75) is 31.6 Å². The highest BCUT2D eigenvalue weighted by Crippen LogP contribution is 2.29.